The molecule has 0 amide bonds. The number of fused-ring (bicyclic) bond motifs is 1. The molecule has 0 aromatic heterocycles. The number of aliphatic imine (C=N–C) groups is 1. The Kier molecular flexibility index (Phi) is 2.49. The molecule has 2 atom stereocenters. The zero-order valence-electron chi connectivity index (χ0n) is 9.26. The second kappa shape index (κ2) is 4.12. The first-order chi connectivity index (χ1) is 7.93. The Morgan fingerprint density at radius 1 is 1.25 bits per heavy atom. The van der Waals surface area contributed by atoms with Crippen LogP contribution in [0.4, 0.5) is 0 Å². The van der Waals surface area contributed by atoms with Gasteiger partial charge in [0.25, 0.3) is 0 Å². The van der Waals surface area contributed by atoms with Gasteiger partial charge >= 0.3 is 0 Å². The summed E-state index contributed by atoms with van der Waals surface area (Å²) in [7, 11) is 0. The Labute approximate surface area is 96.2 Å². The first-order valence-electron chi connectivity index (χ1n) is 5.94. The highest BCUT2D eigenvalue weighted by Gasteiger charge is 2.24. The lowest BCUT2D eigenvalue weighted by Gasteiger charge is -2.27. The summed E-state index contributed by atoms with van der Waals surface area (Å²) in [4.78, 5) is 4.48. The van der Waals surface area contributed by atoms with E-state index in [1.165, 1.54) is 11.4 Å². The number of nitrogens with one attached hydrogen (secondary N) is 1. The van der Waals surface area contributed by atoms with Gasteiger partial charge in [-0.05, 0) is 11.5 Å². The van der Waals surface area contributed by atoms with E-state index in [2.05, 4.69) is 52.8 Å². The molecule has 0 bridgehead atoms. The summed E-state index contributed by atoms with van der Waals surface area (Å²) in [5.41, 5.74) is 1.42. The topological polar surface area (TPSA) is 24.4 Å². The minimum Gasteiger partial charge on any atom is -0.372 e. The lowest BCUT2D eigenvalue weighted by Crippen LogP contribution is -2.25. The number of hydrogen-bond acceptors (Lipinski definition) is 2. The molecule has 82 valence electrons. The van der Waals surface area contributed by atoms with E-state index in [9.17, 15) is 0 Å². The summed E-state index contributed by atoms with van der Waals surface area (Å²) in [5.74, 6) is 2.28. The molecule has 16 heavy (non-hydrogen) atoms. The summed E-state index contributed by atoms with van der Waals surface area (Å²) in [6.45, 7) is 1.95. The van der Waals surface area contributed by atoms with Crippen molar-refractivity contribution in [3.8, 4) is 0 Å². The molecule has 0 saturated heterocycles. The molecule has 0 spiro atoms. The van der Waals surface area contributed by atoms with Gasteiger partial charge in [0.05, 0.1) is 12.4 Å². The Bertz CT molecular complexity index is 424. The first kappa shape index (κ1) is 9.64. The quantitative estimate of drug-likeness (QED) is 0.746. The van der Waals surface area contributed by atoms with Crippen LogP contribution in [-0.4, -0.2) is 18.9 Å². The zero-order chi connectivity index (χ0) is 10.8. The van der Waals surface area contributed by atoms with Gasteiger partial charge in [0.1, 0.15) is 0 Å². The molecule has 2 heteroatoms. The molecule has 0 radical (unpaired) electrons. The van der Waals surface area contributed by atoms with Crippen molar-refractivity contribution in [2.75, 3.05) is 13.1 Å². The van der Waals surface area contributed by atoms with E-state index in [-0.39, 0.29) is 0 Å². The maximum Gasteiger partial charge on any atom is 0.0970 e. The summed E-state index contributed by atoms with van der Waals surface area (Å²) in [6.07, 6.45) is 16.5. The molecule has 1 aliphatic heterocycles. The zero-order valence-corrected chi connectivity index (χ0v) is 9.26. The van der Waals surface area contributed by atoms with Gasteiger partial charge < -0.3 is 5.32 Å². The average Bonchev–Trinajstić information content (AvgIpc) is 2.82. The molecule has 3 rings (SSSR count). The van der Waals surface area contributed by atoms with Crippen LogP contribution in [0.5, 0.6) is 0 Å². The number of amidine groups is 1. The third-order valence-electron chi connectivity index (χ3n) is 3.38. The predicted octanol–water partition coefficient (Wildman–Crippen LogP) is 2.23. The van der Waals surface area contributed by atoms with Crippen molar-refractivity contribution >= 4 is 5.84 Å². The van der Waals surface area contributed by atoms with Gasteiger partial charge in [-0.1, -0.05) is 42.5 Å². The number of hydrogen-bond donors (Lipinski definition) is 1. The van der Waals surface area contributed by atoms with Gasteiger partial charge in [-0.25, -0.2) is 0 Å². The van der Waals surface area contributed by atoms with Crippen LogP contribution >= 0.6 is 0 Å². The van der Waals surface area contributed by atoms with Crippen molar-refractivity contribution in [2.24, 2.45) is 16.8 Å². The number of allylic oxidation sites excluding steroid dienone is 8. The highest BCUT2D eigenvalue weighted by Crippen LogP contribution is 2.33. The highest BCUT2D eigenvalue weighted by atomic mass is 15.1. The number of nitrogens with zero attached hydrogens (tertiary/aromatic N) is 1. The fourth-order valence-electron chi connectivity index (χ4n) is 2.56. The summed E-state index contributed by atoms with van der Waals surface area (Å²) >= 11 is 0. The lowest BCUT2D eigenvalue weighted by molar-refractivity contribution is 0.548. The van der Waals surface area contributed by atoms with E-state index < -0.39 is 0 Å². The van der Waals surface area contributed by atoms with E-state index >= 15 is 0 Å². The van der Waals surface area contributed by atoms with Gasteiger partial charge in [-0.15, -0.1) is 0 Å². The molecule has 0 aromatic rings. The third kappa shape index (κ3) is 1.75. The minimum absolute atomic E-state index is 0.542. The predicted molar refractivity (Wildman–Crippen MR) is 67.4 cm³/mol. The minimum atomic E-state index is 0.542. The van der Waals surface area contributed by atoms with Crippen molar-refractivity contribution in [1.82, 2.24) is 5.32 Å². The van der Waals surface area contributed by atoms with Crippen molar-refractivity contribution in [3.05, 3.63) is 48.1 Å². The normalized spacial score (nSPS) is 30.8. The van der Waals surface area contributed by atoms with E-state index in [4.69, 9.17) is 0 Å². The second-order valence-electron chi connectivity index (χ2n) is 4.44. The van der Waals surface area contributed by atoms with Gasteiger partial charge in [0.2, 0.25) is 0 Å². The van der Waals surface area contributed by atoms with Crippen molar-refractivity contribution in [3.63, 3.8) is 0 Å². The van der Waals surface area contributed by atoms with E-state index in [1.54, 1.807) is 0 Å². The van der Waals surface area contributed by atoms with Gasteiger partial charge in [-0.2, -0.15) is 0 Å². The van der Waals surface area contributed by atoms with Crippen LogP contribution in [0.3, 0.4) is 0 Å². The average molecular weight is 212 g/mol. The Balaban J connectivity index is 1.76. The van der Waals surface area contributed by atoms with E-state index in [1.807, 2.05) is 0 Å². The van der Waals surface area contributed by atoms with Crippen LogP contribution in [0, 0.1) is 11.8 Å². The van der Waals surface area contributed by atoms with Crippen LogP contribution in [-0.2, 0) is 0 Å². The van der Waals surface area contributed by atoms with Crippen LogP contribution < -0.4 is 5.32 Å². The van der Waals surface area contributed by atoms with Gasteiger partial charge in [-0.3, -0.25) is 4.99 Å². The van der Waals surface area contributed by atoms with Crippen LogP contribution in [0.25, 0.3) is 0 Å². The molecule has 0 fully saturated rings. The number of rotatable bonds is 2. The molecular weight excluding hydrogens is 196 g/mol. The van der Waals surface area contributed by atoms with Gasteiger partial charge in [0.15, 0.2) is 0 Å². The molecule has 1 N–H and O–H groups in total. The van der Waals surface area contributed by atoms with Crippen molar-refractivity contribution < 1.29 is 0 Å². The first-order valence-corrected chi connectivity index (χ1v) is 5.94. The smallest absolute Gasteiger partial charge is 0.0970 e. The van der Waals surface area contributed by atoms with Crippen LogP contribution in [0.15, 0.2) is 53.1 Å². The summed E-state index contributed by atoms with van der Waals surface area (Å²) in [6, 6.07) is 0. The largest absolute Gasteiger partial charge is 0.372 e. The fourth-order valence-corrected chi connectivity index (χ4v) is 2.56. The third-order valence-corrected chi connectivity index (χ3v) is 3.38. The Hall–Kier alpha value is -1.57. The summed E-state index contributed by atoms with van der Waals surface area (Å²) < 4.78 is 0. The fraction of sp³-hybridized carbons (Fsp3) is 0.357. The van der Waals surface area contributed by atoms with Crippen LogP contribution in [0.2, 0.25) is 0 Å². The molecule has 2 unspecified atom stereocenters. The molecule has 0 aromatic carbocycles. The van der Waals surface area contributed by atoms with Crippen molar-refractivity contribution in [2.45, 2.75) is 6.42 Å². The molecule has 2 aliphatic carbocycles. The molecule has 3 aliphatic rings. The van der Waals surface area contributed by atoms with Crippen LogP contribution in [0.1, 0.15) is 6.42 Å². The Morgan fingerprint density at radius 2 is 2.25 bits per heavy atom. The maximum atomic E-state index is 4.48. The molecule has 1 heterocycles. The second-order valence-corrected chi connectivity index (χ2v) is 4.44. The maximum absolute atomic E-state index is 4.48. The molecule has 2 nitrogen and oxygen atoms in total. The standard InChI is InChI=1S/C14H16N2/c1-2-7-13-11(4-1)5-3-6-12(13)10-14-15-8-9-16-14/h1-7,12-13H,8-10H2,(H,15,16). The van der Waals surface area contributed by atoms with Gasteiger partial charge in [0, 0.05) is 18.9 Å². The molecular formula is C14H16N2. The lowest BCUT2D eigenvalue weighted by atomic mass is 9.78. The van der Waals surface area contributed by atoms with E-state index in [0.717, 1.165) is 19.5 Å². The summed E-state index contributed by atoms with van der Waals surface area (Å²) in [5, 5.41) is 3.35. The monoisotopic (exact) mass is 212 g/mol. The molecule has 0 saturated carbocycles. The van der Waals surface area contributed by atoms with E-state index in [0.29, 0.717) is 11.8 Å². The highest BCUT2D eigenvalue weighted by molar-refractivity contribution is 5.84. The Morgan fingerprint density at radius 3 is 3.12 bits per heavy atom. The van der Waals surface area contributed by atoms with Crippen molar-refractivity contribution in [1.29, 1.82) is 0 Å². The SMILES string of the molecule is C1=CC2=CC=CC(CC3=NCCN3)C2C=C1.